The second kappa shape index (κ2) is 6.48. The lowest BCUT2D eigenvalue weighted by Crippen LogP contribution is -2.35. The van der Waals surface area contributed by atoms with E-state index in [9.17, 15) is 4.79 Å². The highest BCUT2D eigenvalue weighted by Crippen LogP contribution is 2.35. The minimum absolute atomic E-state index is 0.0415. The maximum atomic E-state index is 12.8. The van der Waals surface area contributed by atoms with Crippen molar-refractivity contribution >= 4 is 44.7 Å². The van der Waals surface area contributed by atoms with Crippen LogP contribution in [0, 0.1) is 12.3 Å². The fourth-order valence-corrected chi connectivity index (χ4v) is 3.57. The van der Waals surface area contributed by atoms with Gasteiger partial charge in [-0.2, -0.15) is 10.2 Å². The summed E-state index contributed by atoms with van der Waals surface area (Å²) in [6, 6.07) is 3.76. The van der Waals surface area contributed by atoms with Crippen molar-refractivity contribution in [3.8, 4) is 0 Å². The Labute approximate surface area is 154 Å². The second-order valence-electron chi connectivity index (χ2n) is 6.54. The third-order valence-corrected chi connectivity index (χ3v) is 5.13. The molecule has 0 spiro atoms. The molecule has 0 atom stereocenters. The van der Waals surface area contributed by atoms with Crippen molar-refractivity contribution in [1.82, 2.24) is 14.6 Å². The van der Waals surface area contributed by atoms with Gasteiger partial charge in [0, 0.05) is 23.6 Å². The monoisotopic (exact) mass is 410 g/mol. The summed E-state index contributed by atoms with van der Waals surface area (Å²) in [6.07, 6.45) is 3.71. The topological polar surface area (TPSA) is 50.0 Å². The Bertz CT molecular complexity index is 827. The molecule has 1 aliphatic rings. The molecule has 0 N–H and O–H groups in total. The number of nitrogens with zero attached hydrogens (tertiary/aromatic N) is 4. The molecular formula is C17H20BrClN4O. The van der Waals surface area contributed by atoms with Crippen LogP contribution in [0.15, 0.2) is 23.4 Å². The van der Waals surface area contributed by atoms with Gasteiger partial charge < -0.3 is 0 Å². The molecule has 0 bridgehead atoms. The van der Waals surface area contributed by atoms with E-state index >= 15 is 0 Å². The van der Waals surface area contributed by atoms with Crippen molar-refractivity contribution in [3.63, 3.8) is 0 Å². The first kappa shape index (κ1) is 17.4. The Balaban J connectivity index is 2.05. The van der Waals surface area contributed by atoms with E-state index in [0.717, 1.165) is 40.7 Å². The number of unbranched alkanes of at least 4 members (excludes halogenated alkanes) is 1. The molecule has 7 heteroatoms. The van der Waals surface area contributed by atoms with Gasteiger partial charge in [0.15, 0.2) is 0 Å². The van der Waals surface area contributed by atoms with Gasteiger partial charge in [0.05, 0.1) is 27.4 Å². The van der Waals surface area contributed by atoms with Gasteiger partial charge in [-0.05, 0) is 45.7 Å². The number of aryl methyl sites for hydroxylation is 1. The van der Waals surface area contributed by atoms with Gasteiger partial charge >= 0.3 is 0 Å². The third kappa shape index (κ3) is 2.86. The number of alkyl halides is 1. The quantitative estimate of drug-likeness (QED) is 0.550. The number of carbonyl (C=O) groups excluding carboxylic acids is 1. The highest BCUT2D eigenvalue weighted by Gasteiger charge is 2.45. The second-order valence-corrected chi connectivity index (χ2v) is 7.76. The first-order chi connectivity index (χ1) is 11.4. The normalized spacial score (nSPS) is 17.0. The summed E-state index contributed by atoms with van der Waals surface area (Å²) in [5.41, 5.74) is 2.80. The van der Waals surface area contributed by atoms with Crippen LogP contribution in [0.2, 0.25) is 5.02 Å². The van der Waals surface area contributed by atoms with Crippen LogP contribution in [0.1, 0.15) is 37.9 Å². The number of fused-ring (bicyclic) bond motifs is 1. The maximum Gasteiger partial charge on any atom is 0.254 e. The van der Waals surface area contributed by atoms with E-state index in [1.807, 2.05) is 32.9 Å². The Hall–Kier alpha value is -1.40. The molecule has 0 saturated heterocycles. The molecule has 0 aliphatic carbocycles. The van der Waals surface area contributed by atoms with Gasteiger partial charge in [-0.1, -0.05) is 27.5 Å². The predicted octanol–water partition coefficient (Wildman–Crippen LogP) is 4.04. The summed E-state index contributed by atoms with van der Waals surface area (Å²) in [5.74, 6) is 0.0415. The lowest BCUT2D eigenvalue weighted by Gasteiger charge is -2.19. The van der Waals surface area contributed by atoms with Gasteiger partial charge in [-0.25, -0.2) is 9.52 Å². The molecular weight excluding hydrogens is 392 g/mol. The van der Waals surface area contributed by atoms with Crippen LogP contribution < -0.4 is 0 Å². The van der Waals surface area contributed by atoms with Crippen LogP contribution in [0.4, 0.5) is 0 Å². The Morgan fingerprint density at radius 2 is 2.04 bits per heavy atom. The highest BCUT2D eigenvalue weighted by atomic mass is 79.9. The fraction of sp³-hybridized carbons (Fsp3) is 0.471. The van der Waals surface area contributed by atoms with Crippen molar-refractivity contribution in [2.45, 2.75) is 33.6 Å². The molecule has 3 heterocycles. The zero-order chi connectivity index (χ0) is 17.5. The molecule has 3 rings (SSSR count). The largest absolute Gasteiger partial charge is 0.272 e. The molecule has 24 heavy (non-hydrogen) atoms. The number of pyridine rings is 1. The summed E-state index contributed by atoms with van der Waals surface area (Å²) in [6.45, 7) is 6.43. The third-order valence-electron chi connectivity index (χ3n) is 4.34. The van der Waals surface area contributed by atoms with Crippen LogP contribution in [0.5, 0.6) is 0 Å². The van der Waals surface area contributed by atoms with Gasteiger partial charge in [0.1, 0.15) is 0 Å². The SMILES string of the molecule is Cc1nn2cc(Cl)ccc2c1C1=NN(CCCCBr)C(=O)C1(C)C. The smallest absolute Gasteiger partial charge is 0.254 e. The number of hydrogen-bond acceptors (Lipinski definition) is 3. The van der Waals surface area contributed by atoms with Crippen LogP contribution in [0.25, 0.3) is 5.52 Å². The minimum atomic E-state index is -0.664. The zero-order valence-electron chi connectivity index (χ0n) is 14.0. The molecule has 0 saturated carbocycles. The maximum absolute atomic E-state index is 12.8. The van der Waals surface area contributed by atoms with E-state index in [2.05, 4.69) is 26.1 Å². The van der Waals surface area contributed by atoms with Gasteiger partial charge in [-0.15, -0.1) is 0 Å². The molecule has 5 nitrogen and oxygen atoms in total. The number of rotatable bonds is 5. The van der Waals surface area contributed by atoms with Crippen LogP contribution in [-0.2, 0) is 4.79 Å². The lowest BCUT2D eigenvalue weighted by atomic mass is 9.83. The predicted molar refractivity (Wildman–Crippen MR) is 100.0 cm³/mol. The highest BCUT2D eigenvalue weighted by molar-refractivity contribution is 9.09. The number of hydrogen-bond donors (Lipinski definition) is 0. The molecule has 128 valence electrons. The van der Waals surface area contributed by atoms with Gasteiger partial charge in [-0.3, -0.25) is 4.79 Å². The lowest BCUT2D eigenvalue weighted by molar-refractivity contribution is -0.135. The van der Waals surface area contributed by atoms with E-state index in [4.69, 9.17) is 11.6 Å². The van der Waals surface area contributed by atoms with E-state index in [1.54, 1.807) is 15.7 Å². The van der Waals surface area contributed by atoms with E-state index < -0.39 is 5.41 Å². The number of amides is 1. The molecule has 2 aromatic rings. The number of carbonyl (C=O) groups is 1. The van der Waals surface area contributed by atoms with E-state index in [1.165, 1.54) is 0 Å². The number of halogens is 2. The van der Waals surface area contributed by atoms with Crippen LogP contribution in [0.3, 0.4) is 0 Å². The number of aromatic nitrogens is 2. The molecule has 1 amide bonds. The van der Waals surface area contributed by atoms with Gasteiger partial charge in [0.25, 0.3) is 5.91 Å². The van der Waals surface area contributed by atoms with Gasteiger partial charge in [0.2, 0.25) is 0 Å². The fourth-order valence-electron chi connectivity index (χ4n) is 3.02. The Kier molecular flexibility index (Phi) is 4.71. The van der Waals surface area contributed by atoms with Crippen molar-refractivity contribution in [1.29, 1.82) is 0 Å². The summed E-state index contributed by atoms with van der Waals surface area (Å²) < 4.78 is 1.75. The van der Waals surface area contributed by atoms with Crippen LogP contribution in [-0.4, -0.2) is 38.1 Å². The summed E-state index contributed by atoms with van der Waals surface area (Å²) >= 11 is 9.48. The first-order valence-electron chi connectivity index (χ1n) is 7.98. The average molecular weight is 412 g/mol. The van der Waals surface area contributed by atoms with Crippen molar-refractivity contribution in [2.75, 3.05) is 11.9 Å². The summed E-state index contributed by atoms with van der Waals surface area (Å²) in [5, 5.41) is 12.4. The molecule has 1 aliphatic heterocycles. The molecule has 0 unspecified atom stereocenters. The van der Waals surface area contributed by atoms with E-state index in [0.29, 0.717) is 11.6 Å². The van der Waals surface area contributed by atoms with Crippen LogP contribution >= 0.6 is 27.5 Å². The minimum Gasteiger partial charge on any atom is -0.272 e. The first-order valence-corrected chi connectivity index (χ1v) is 9.48. The van der Waals surface area contributed by atoms with Crippen molar-refractivity contribution < 1.29 is 4.79 Å². The van der Waals surface area contributed by atoms with E-state index in [-0.39, 0.29) is 5.91 Å². The zero-order valence-corrected chi connectivity index (χ0v) is 16.4. The summed E-state index contributed by atoms with van der Waals surface area (Å²) in [4.78, 5) is 12.8. The summed E-state index contributed by atoms with van der Waals surface area (Å²) in [7, 11) is 0. The Morgan fingerprint density at radius 3 is 2.75 bits per heavy atom. The average Bonchev–Trinajstić information content (AvgIpc) is 2.94. The standard InChI is InChI=1S/C17H20BrClN4O/c1-11-14(13-7-6-12(19)10-23(13)20-11)15-17(2,3)16(24)22(21-15)9-5-4-8-18/h6-7,10H,4-5,8-9H2,1-3H3. The molecule has 2 aromatic heterocycles. The number of hydrazone groups is 1. The molecule has 0 aromatic carbocycles. The van der Waals surface area contributed by atoms with Crippen molar-refractivity contribution in [2.24, 2.45) is 10.5 Å². The molecule has 0 radical (unpaired) electrons. The molecule has 0 fully saturated rings. The Morgan fingerprint density at radius 1 is 1.29 bits per heavy atom. The van der Waals surface area contributed by atoms with Crippen molar-refractivity contribution in [3.05, 3.63) is 34.6 Å².